The van der Waals surface area contributed by atoms with Crippen molar-refractivity contribution < 1.29 is 0 Å². The van der Waals surface area contributed by atoms with Gasteiger partial charge in [0.15, 0.2) is 0 Å². The van der Waals surface area contributed by atoms with Crippen LogP contribution in [0.1, 0.15) is 30.9 Å². The van der Waals surface area contributed by atoms with Gasteiger partial charge in [0, 0.05) is 17.8 Å². The number of anilines is 1. The van der Waals surface area contributed by atoms with Crippen molar-refractivity contribution in [3.8, 4) is 0 Å². The minimum absolute atomic E-state index is 0.385. The molecule has 0 amide bonds. The van der Waals surface area contributed by atoms with Crippen LogP contribution in [0, 0.1) is 6.92 Å². The first kappa shape index (κ1) is 9.53. The number of nitrogen functional groups attached to an aromatic ring is 1. The molecule has 14 heavy (non-hydrogen) atoms. The number of hydrogen-bond acceptors (Lipinski definition) is 2. The number of benzene rings is 1. The molecular formula is C12H18N2. The van der Waals surface area contributed by atoms with Gasteiger partial charge < -0.3 is 11.1 Å². The summed E-state index contributed by atoms with van der Waals surface area (Å²) in [5.74, 6) is 0. The Balaban J connectivity index is 2.04. The van der Waals surface area contributed by atoms with Crippen LogP contribution in [0.5, 0.6) is 0 Å². The number of rotatable bonds is 3. The SMILES string of the molecule is Cc1ccc(N)c(CNC2(C)CC2)c1. The summed E-state index contributed by atoms with van der Waals surface area (Å²) in [6.45, 7) is 5.25. The summed E-state index contributed by atoms with van der Waals surface area (Å²) in [6, 6.07) is 6.20. The third-order valence-corrected chi connectivity index (χ3v) is 3.00. The lowest BCUT2D eigenvalue weighted by Gasteiger charge is -2.13. The van der Waals surface area contributed by atoms with Crippen molar-refractivity contribution in [1.82, 2.24) is 5.32 Å². The molecule has 0 saturated heterocycles. The fourth-order valence-corrected chi connectivity index (χ4v) is 1.56. The molecule has 1 saturated carbocycles. The molecule has 3 N–H and O–H groups in total. The smallest absolute Gasteiger partial charge is 0.0359 e. The van der Waals surface area contributed by atoms with Crippen molar-refractivity contribution >= 4 is 5.69 Å². The molecule has 1 aromatic rings. The Hall–Kier alpha value is -1.02. The van der Waals surface area contributed by atoms with Gasteiger partial charge in [-0.15, -0.1) is 0 Å². The van der Waals surface area contributed by atoms with Gasteiger partial charge in [-0.2, -0.15) is 0 Å². The predicted octanol–water partition coefficient (Wildman–Crippen LogP) is 2.22. The van der Waals surface area contributed by atoms with Crippen LogP contribution in [0.4, 0.5) is 5.69 Å². The van der Waals surface area contributed by atoms with Gasteiger partial charge in [-0.3, -0.25) is 0 Å². The van der Waals surface area contributed by atoms with Crippen LogP contribution in [0.25, 0.3) is 0 Å². The van der Waals surface area contributed by atoms with E-state index in [9.17, 15) is 0 Å². The molecule has 0 unspecified atom stereocenters. The molecule has 1 aromatic carbocycles. The average molecular weight is 190 g/mol. The molecule has 1 fully saturated rings. The molecule has 0 spiro atoms. The maximum Gasteiger partial charge on any atom is 0.0359 e. The first-order chi connectivity index (χ1) is 6.59. The van der Waals surface area contributed by atoms with Crippen LogP contribution < -0.4 is 11.1 Å². The first-order valence-corrected chi connectivity index (χ1v) is 5.19. The van der Waals surface area contributed by atoms with Crippen molar-refractivity contribution in [3.63, 3.8) is 0 Å². The molecule has 0 radical (unpaired) electrons. The minimum Gasteiger partial charge on any atom is -0.398 e. The predicted molar refractivity (Wildman–Crippen MR) is 60.1 cm³/mol. The Morgan fingerprint density at radius 1 is 1.43 bits per heavy atom. The lowest BCUT2D eigenvalue weighted by Crippen LogP contribution is -2.27. The largest absolute Gasteiger partial charge is 0.398 e. The average Bonchev–Trinajstić information content (AvgIpc) is 2.87. The first-order valence-electron chi connectivity index (χ1n) is 5.19. The quantitative estimate of drug-likeness (QED) is 0.717. The van der Waals surface area contributed by atoms with E-state index in [2.05, 4.69) is 31.3 Å². The highest BCUT2D eigenvalue weighted by atomic mass is 15.0. The normalized spacial score (nSPS) is 18.1. The number of nitrogens with two attached hydrogens (primary N) is 1. The minimum atomic E-state index is 0.385. The lowest BCUT2D eigenvalue weighted by atomic mass is 10.1. The molecule has 0 bridgehead atoms. The molecule has 0 atom stereocenters. The fraction of sp³-hybridized carbons (Fsp3) is 0.500. The maximum atomic E-state index is 5.90. The van der Waals surface area contributed by atoms with E-state index in [1.165, 1.54) is 24.0 Å². The van der Waals surface area contributed by atoms with Gasteiger partial charge in [-0.1, -0.05) is 17.7 Å². The van der Waals surface area contributed by atoms with E-state index in [0.717, 1.165) is 12.2 Å². The second-order valence-corrected chi connectivity index (χ2v) is 4.62. The Kier molecular flexibility index (Phi) is 2.23. The van der Waals surface area contributed by atoms with E-state index in [1.54, 1.807) is 0 Å². The summed E-state index contributed by atoms with van der Waals surface area (Å²) >= 11 is 0. The van der Waals surface area contributed by atoms with Crippen molar-refractivity contribution in [3.05, 3.63) is 29.3 Å². The van der Waals surface area contributed by atoms with E-state index < -0.39 is 0 Å². The fourth-order valence-electron chi connectivity index (χ4n) is 1.56. The topological polar surface area (TPSA) is 38.0 Å². The Morgan fingerprint density at radius 3 is 2.79 bits per heavy atom. The van der Waals surface area contributed by atoms with Crippen LogP contribution >= 0.6 is 0 Å². The summed E-state index contributed by atoms with van der Waals surface area (Å²) < 4.78 is 0. The van der Waals surface area contributed by atoms with Crippen LogP contribution in [0.15, 0.2) is 18.2 Å². The molecule has 0 heterocycles. The van der Waals surface area contributed by atoms with Gasteiger partial charge in [0.25, 0.3) is 0 Å². The van der Waals surface area contributed by atoms with Crippen LogP contribution in [-0.2, 0) is 6.54 Å². The third kappa shape index (κ3) is 2.07. The highest BCUT2D eigenvalue weighted by Crippen LogP contribution is 2.34. The maximum absolute atomic E-state index is 5.90. The molecule has 2 rings (SSSR count). The van der Waals surface area contributed by atoms with E-state index in [1.807, 2.05) is 6.07 Å². The van der Waals surface area contributed by atoms with Crippen molar-refractivity contribution in [1.29, 1.82) is 0 Å². The summed E-state index contributed by atoms with van der Waals surface area (Å²) in [5.41, 5.74) is 9.68. The Labute approximate surface area is 85.5 Å². The van der Waals surface area contributed by atoms with Gasteiger partial charge in [0.2, 0.25) is 0 Å². The zero-order valence-electron chi connectivity index (χ0n) is 8.93. The lowest BCUT2D eigenvalue weighted by molar-refractivity contribution is 0.538. The van der Waals surface area contributed by atoms with Gasteiger partial charge in [0.1, 0.15) is 0 Å². The molecule has 2 heteroatoms. The van der Waals surface area contributed by atoms with Crippen molar-refractivity contribution in [2.24, 2.45) is 0 Å². The van der Waals surface area contributed by atoms with Crippen LogP contribution in [0.2, 0.25) is 0 Å². The van der Waals surface area contributed by atoms with Crippen molar-refractivity contribution in [2.45, 2.75) is 38.8 Å². The number of aryl methyl sites for hydroxylation is 1. The Morgan fingerprint density at radius 2 is 2.14 bits per heavy atom. The molecular weight excluding hydrogens is 172 g/mol. The van der Waals surface area contributed by atoms with E-state index in [4.69, 9.17) is 5.73 Å². The second kappa shape index (κ2) is 3.28. The zero-order valence-corrected chi connectivity index (χ0v) is 8.93. The molecule has 76 valence electrons. The van der Waals surface area contributed by atoms with Gasteiger partial charge in [-0.25, -0.2) is 0 Å². The summed E-state index contributed by atoms with van der Waals surface area (Å²) in [7, 11) is 0. The van der Waals surface area contributed by atoms with Gasteiger partial charge in [-0.05, 0) is 38.3 Å². The molecule has 0 aromatic heterocycles. The Bertz CT molecular complexity index is 340. The highest BCUT2D eigenvalue weighted by Gasteiger charge is 2.36. The van der Waals surface area contributed by atoms with E-state index in [0.29, 0.717) is 5.54 Å². The number of nitrogens with one attached hydrogen (secondary N) is 1. The summed E-state index contributed by atoms with van der Waals surface area (Å²) in [6.07, 6.45) is 2.58. The van der Waals surface area contributed by atoms with Crippen molar-refractivity contribution in [2.75, 3.05) is 5.73 Å². The molecule has 1 aliphatic carbocycles. The second-order valence-electron chi connectivity index (χ2n) is 4.62. The van der Waals surface area contributed by atoms with Gasteiger partial charge >= 0.3 is 0 Å². The standard InChI is InChI=1S/C12H18N2/c1-9-3-4-11(13)10(7-9)8-14-12(2)5-6-12/h3-4,7,14H,5-6,8,13H2,1-2H3. The van der Waals surface area contributed by atoms with E-state index >= 15 is 0 Å². The number of hydrogen-bond donors (Lipinski definition) is 2. The molecule has 0 aliphatic heterocycles. The van der Waals surface area contributed by atoms with Crippen LogP contribution in [-0.4, -0.2) is 5.54 Å². The van der Waals surface area contributed by atoms with E-state index in [-0.39, 0.29) is 0 Å². The summed E-state index contributed by atoms with van der Waals surface area (Å²) in [5, 5.41) is 3.54. The highest BCUT2D eigenvalue weighted by molar-refractivity contribution is 5.48. The monoisotopic (exact) mass is 190 g/mol. The molecule has 2 nitrogen and oxygen atoms in total. The zero-order chi connectivity index (χ0) is 10.2. The summed E-state index contributed by atoms with van der Waals surface area (Å²) in [4.78, 5) is 0. The molecule has 1 aliphatic rings. The van der Waals surface area contributed by atoms with Gasteiger partial charge in [0.05, 0.1) is 0 Å². The third-order valence-electron chi connectivity index (χ3n) is 3.00. The van der Waals surface area contributed by atoms with Crippen LogP contribution in [0.3, 0.4) is 0 Å².